The van der Waals surface area contributed by atoms with Gasteiger partial charge in [0.25, 0.3) is 0 Å². The first-order valence-corrected chi connectivity index (χ1v) is 6.29. The number of hydrogen-bond acceptors (Lipinski definition) is 5. The maximum Gasteiger partial charge on any atom is 0.408 e. The quantitative estimate of drug-likeness (QED) is 0.475. The van der Waals surface area contributed by atoms with Crippen molar-refractivity contribution in [1.82, 2.24) is 5.32 Å². The Balaban J connectivity index is 4.88. The van der Waals surface area contributed by atoms with Crippen LogP contribution >= 0.6 is 0 Å². The Morgan fingerprint density at radius 3 is 2.35 bits per heavy atom. The minimum Gasteiger partial charge on any atom is -0.467 e. The second-order valence-corrected chi connectivity index (χ2v) is 5.42. The molecule has 6 nitrogen and oxygen atoms in total. The van der Waals surface area contributed by atoms with Crippen LogP contribution in [-0.2, 0) is 14.3 Å². The van der Waals surface area contributed by atoms with Gasteiger partial charge in [0.05, 0.1) is 13.2 Å². The van der Waals surface area contributed by atoms with E-state index >= 15 is 0 Å². The van der Waals surface area contributed by atoms with Crippen LogP contribution in [0, 0.1) is 11.3 Å². The van der Waals surface area contributed by atoms with Crippen LogP contribution in [0.4, 0.5) is 4.79 Å². The Morgan fingerprint density at radius 2 is 1.90 bits per heavy atom. The van der Waals surface area contributed by atoms with Gasteiger partial charge in [0, 0.05) is 6.42 Å². The van der Waals surface area contributed by atoms with Crippen molar-refractivity contribution in [3.63, 3.8) is 0 Å². The number of amides is 1. The minimum atomic E-state index is -1.33. The molecule has 0 rings (SSSR count). The maximum atomic E-state index is 11.8. The molecule has 0 aromatic heterocycles. The molecule has 6 heteroatoms. The highest BCUT2D eigenvalue weighted by Gasteiger charge is 2.34. The number of unbranched alkanes of at least 4 members (excludes halogenated alkanes) is 1. The number of nitrogens with zero attached hydrogens (tertiary/aromatic N) is 1. The zero-order chi connectivity index (χ0) is 15.8. The molecule has 0 saturated heterocycles. The molecule has 1 N–H and O–H groups in total. The summed E-state index contributed by atoms with van der Waals surface area (Å²) >= 11 is 0. The number of carbonyl (C=O) groups is 2. The molecule has 0 unspecified atom stereocenters. The second kappa shape index (κ2) is 7.53. The lowest BCUT2D eigenvalue weighted by molar-refractivity contribution is -0.145. The topological polar surface area (TPSA) is 88.4 Å². The molecule has 0 fully saturated rings. The summed E-state index contributed by atoms with van der Waals surface area (Å²) < 4.78 is 9.79. The fourth-order valence-corrected chi connectivity index (χ4v) is 1.36. The van der Waals surface area contributed by atoms with E-state index < -0.39 is 23.2 Å². The number of nitriles is 1. The van der Waals surface area contributed by atoms with Gasteiger partial charge in [-0.1, -0.05) is 12.2 Å². The Kier molecular flexibility index (Phi) is 6.77. The molecule has 0 aromatic rings. The normalized spacial score (nSPS) is 14.2. The number of allylic oxidation sites excluding steroid dienone is 1. The molecule has 20 heavy (non-hydrogen) atoms. The van der Waals surface area contributed by atoms with E-state index in [-0.39, 0.29) is 0 Å². The summed E-state index contributed by atoms with van der Waals surface area (Å²) in [5.74, 6) is -0.614. The summed E-state index contributed by atoms with van der Waals surface area (Å²) in [7, 11) is 1.24. The van der Waals surface area contributed by atoms with Crippen LogP contribution < -0.4 is 5.32 Å². The maximum absolute atomic E-state index is 11.8. The average molecular weight is 282 g/mol. The number of methoxy groups -OCH3 is 1. The summed E-state index contributed by atoms with van der Waals surface area (Å²) in [4.78, 5) is 23.5. The van der Waals surface area contributed by atoms with Crippen LogP contribution in [0.15, 0.2) is 12.2 Å². The Labute approximate surface area is 119 Å². The smallest absolute Gasteiger partial charge is 0.408 e. The van der Waals surface area contributed by atoms with E-state index in [4.69, 9.17) is 10.00 Å². The highest BCUT2D eigenvalue weighted by Crippen LogP contribution is 2.13. The van der Waals surface area contributed by atoms with E-state index in [1.807, 2.05) is 6.07 Å². The van der Waals surface area contributed by atoms with E-state index in [9.17, 15) is 9.59 Å². The summed E-state index contributed by atoms with van der Waals surface area (Å²) in [6.07, 6.45) is 3.26. The Hall–Kier alpha value is -2.03. The standard InChI is InChI=1S/C14H22N2O4/c1-13(2,3)20-12(18)16-14(4,11(17)19-5)9-7-6-8-10-15/h7,9H,6,8H2,1-5H3,(H,16,18)/b9-7+/t14-/m0/s1. The van der Waals surface area contributed by atoms with Crippen molar-refractivity contribution in [2.75, 3.05) is 7.11 Å². The highest BCUT2D eigenvalue weighted by molar-refractivity contribution is 5.87. The largest absolute Gasteiger partial charge is 0.467 e. The van der Waals surface area contributed by atoms with Crippen LogP contribution in [-0.4, -0.2) is 30.3 Å². The van der Waals surface area contributed by atoms with Gasteiger partial charge in [-0.25, -0.2) is 9.59 Å². The fraction of sp³-hybridized carbons (Fsp3) is 0.643. The first kappa shape index (κ1) is 18.0. The van der Waals surface area contributed by atoms with Gasteiger partial charge in [0.1, 0.15) is 5.60 Å². The SMILES string of the molecule is COC(=O)[C@](C)(/C=C/CCC#N)NC(=O)OC(C)(C)C. The molecule has 0 bridgehead atoms. The monoisotopic (exact) mass is 282 g/mol. The molecule has 0 heterocycles. The molecule has 0 radical (unpaired) electrons. The van der Waals surface area contributed by atoms with Crippen molar-refractivity contribution in [2.45, 2.75) is 51.7 Å². The zero-order valence-corrected chi connectivity index (χ0v) is 12.6. The molecule has 0 spiro atoms. The van der Waals surface area contributed by atoms with Gasteiger partial charge in [-0.2, -0.15) is 5.26 Å². The zero-order valence-electron chi connectivity index (χ0n) is 12.6. The minimum absolute atomic E-state index is 0.334. The van der Waals surface area contributed by atoms with Crippen LogP contribution in [0.2, 0.25) is 0 Å². The van der Waals surface area contributed by atoms with E-state index in [2.05, 4.69) is 10.1 Å². The number of nitrogens with one attached hydrogen (secondary N) is 1. The van der Waals surface area contributed by atoms with E-state index in [1.165, 1.54) is 20.1 Å². The Bertz CT molecular complexity index is 418. The summed E-state index contributed by atoms with van der Waals surface area (Å²) in [6.45, 7) is 6.69. The summed E-state index contributed by atoms with van der Waals surface area (Å²) in [5.41, 5.74) is -1.99. The third kappa shape index (κ3) is 6.78. The van der Waals surface area contributed by atoms with Crippen molar-refractivity contribution < 1.29 is 19.1 Å². The molecule has 1 amide bonds. The van der Waals surface area contributed by atoms with Crippen molar-refractivity contribution >= 4 is 12.1 Å². The van der Waals surface area contributed by atoms with Gasteiger partial charge in [-0.05, 0) is 34.1 Å². The fourth-order valence-electron chi connectivity index (χ4n) is 1.36. The lowest BCUT2D eigenvalue weighted by Gasteiger charge is -2.27. The molecule has 0 aliphatic heterocycles. The Morgan fingerprint density at radius 1 is 1.30 bits per heavy atom. The van der Waals surface area contributed by atoms with Crippen molar-refractivity contribution in [3.8, 4) is 6.07 Å². The van der Waals surface area contributed by atoms with Gasteiger partial charge in [0.2, 0.25) is 0 Å². The van der Waals surface area contributed by atoms with Crippen molar-refractivity contribution in [3.05, 3.63) is 12.2 Å². The summed E-state index contributed by atoms with van der Waals surface area (Å²) in [6, 6.07) is 1.99. The molecular formula is C14H22N2O4. The van der Waals surface area contributed by atoms with Gasteiger partial charge >= 0.3 is 12.1 Å². The lowest BCUT2D eigenvalue weighted by atomic mass is 10.0. The van der Waals surface area contributed by atoms with Gasteiger partial charge < -0.3 is 14.8 Å². The molecule has 112 valence electrons. The second-order valence-electron chi connectivity index (χ2n) is 5.42. The van der Waals surface area contributed by atoms with Crippen molar-refractivity contribution in [2.24, 2.45) is 0 Å². The summed E-state index contributed by atoms with van der Waals surface area (Å²) in [5, 5.41) is 10.9. The van der Waals surface area contributed by atoms with Crippen LogP contribution in [0.5, 0.6) is 0 Å². The molecule has 1 atom stereocenters. The predicted molar refractivity (Wildman–Crippen MR) is 73.8 cm³/mol. The third-order valence-corrected chi connectivity index (χ3v) is 2.24. The lowest BCUT2D eigenvalue weighted by Crippen LogP contribution is -2.52. The number of rotatable bonds is 5. The molecular weight excluding hydrogens is 260 g/mol. The number of alkyl carbamates (subject to hydrolysis) is 1. The van der Waals surface area contributed by atoms with Gasteiger partial charge in [-0.3, -0.25) is 0 Å². The first-order valence-electron chi connectivity index (χ1n) is 6.29. The van der Waals surface area contributed by atoms with Crippen LogP contribution in [0.25, 0.3) is 0 Å². The van der Waals surface area contributed by atoms with E-state index in [0.29, 0.717) is 12.8 Å². The molecule has 0 saturated carbocycles. The van der Waals surface area contributed by atoms with Gasteiger partial charge in [-0.15, -0.1) is 0 Å². The predicted octanol–water partition coefficient (Wildman–Crippen LogP) is 2.30. The number of carbonyl (C=O) groups excluding carboxylic acids is 2. The van der Waals surface area contributed by atoms with Gasteiger partial charge in [0.15, 0.2) is 5.54 Å². The van der Waals surface area contributed by atoms with Crippen molar-refractivity contribution in [1.29, 1.82) is 5.26 Å². The third-order valence-electron chi connectivity index (χ3n) is 2.24. The van der Waals surface area contributed by atoms with E-state index in [0.717, 1.165) is 0 Å². The van der Waals surface area contributed by atoms with Crippen LogP contribution in [0.1, 0.15) is 40.5 Å². The number of ether oxygens (including phenoxy) is 2. The average Bonchev–Trinajstić information content (AvgIpc) is 2.31. The molecule has 0 aromatic carbocycles. The van der Waals surface area contributed by atoms with Crippen LogP contribution in [0.3, 0.4) is 0 Å². The number of esters is 1. The first-order chi connectivity index (χ1) is 9.14. The molecule has 0 aliphatic rings. The number of hydrogen-bond donors (Lipinski definition) is 1. The van der Waals surface area contributed by atoms with E-state index in [1.54, 1.807) is 26.8 Å². The highest BCUT2D eigenvalue weighted by atomic mass is 16.6. The molecule has 0 aliphatic carbocycles.